The number of fused-ring (bicyclic) bond motifs is 1. The monoisotopic (exact) mass is 271 g/mol. The topological polar surface area (TPSA) is 86.5 Å². The van der Waals surface area contributed by atoms with Crippen molar-refractivity contribution in [3.05, 3.63) is 29.8 Å². The number of aromatic nitrogens is 1. The number of benzene rings is 1. The number of nitriles is 1. The van der Waals surface area contributed by atoms with Crippen LogP contribution in [0.15, 0.2) is 24.3 Å². The minimum atomic E-state index is -0.988. The van der Waals surface area contributed by atoms with E-state index in [0.29, 0.717) is 22.6 Å². The fraction of sp³-hybridized carbons (Fsp3) is 0.214. The molecular formula is C14H13N3O3. The Bertz CT molecular complexity index is 707. The van der Waals surface area contributed by atoms with Gasteiger partial charge in [0, 0.05) is 12.4 Å². The molecule has 102 valence electrons. The van der Waals surface area contributed by atoms with Crippen molar-refractivity contribution >= 4 is 22.7 Å². The summed E-state index contributed by atoms with van der Waals surface area (Å²) in [5.74, 6) is -0.0813. The fourth-order valence-corrected chi connectivity index (χ4v) is 1.98. The predicted molar refractivity (Wildman–Crippen MR) is 73.9 cm³/mol. The lowest BCUT2D eigenvalue weighted by Gasteiger charge is -2.18. The predicted octanol–water partition coefficient (Wildman–Crippen LogP) is 1.64. The first-order chi connectivity index (χ1) is 9.56. The molecular weight excluding hydrogens is 258 g/mol. The number of hydrogen-bond donors (Lipinski definition) is 1. The maximum absolute atomic E-state index is 10.8. The first kappa shape index (κ1) is 13.6. The van der Waals surface area contributed by atoms with E-state index >= 15 is 0 Å². The van der Waals surface area contributed by atoms with E-state index < -0.39 is 5.97 Å². The molecule has 1 N–H and O–H groups in total. The molecule has 1 aromatic heterocycles. The van der Waals surface area contributed by atoms with E-state index in [1.165, 1.54) is 12.0 Å². The van der Waals surface area contributed by atoms with Crippen LogP contribution >= 0.6 is 0 Å². The van der Waals surface area contributed by atoms with Gasteiger partial charge >= 0.3 is 5.97 Å². The molecule has 0 aliphatic rings. The maximum Gasteiger partial charge on any atom is 0.323 e. The third kappa shape index (κ3) is 2.47. The molecule has 0 bridgehead atoms. The molecule has 0 amide bonds. The Labute approximate surface area is 115 Å². The molecule has 2 aromatic rings. The summed E-state index contributed by atoms with van der Waals surface area (Å²) in [7, 11) is 3.12. The smallest absolute Gasteiger partial charge is 0.323 e. The van der Waals surface area contributed by atoms with E-state index in [4.69, 9.17) is 9.84 Å². The number of rotatable bonds is 4. The van der Waals surface area contributed by atoms with Gasteiger partial charge in [0.25, 0.3) is 0 Å². The van der Waals surface area contributed by atoms with Gasteiger partial charge in [-0.3, -0.25) is 4.79 Å². The summed E-state index contributed by atoms with van der Waals surface area (Å²) in [6.45, 7) is -0.234. The molecule has 0 saturated carbocycles. The third-order valence-electron chi connectivity index (χ3n) is 2.86. The van der Waals surface area contributed by atoms with Crippen LogP contribution in [0.5, 0.6) is 5.75 Å². The highest BCUT2D eigenvalue weighted by atomic mass is 16.5. The van der Waals surface area contributed by atoms with Crippen LogP contribution in [-0.2, 0) is 4.79 Å². The Morgan fingerprint density at radius 3 is 2.90 bits per heavy atom. The molecule has 0 fully saturated rings. The van der Waals surface area contributed by atoms with Crippen molar-refractivity contribution in [2.45, 2.75) is 0 Å². The number of carboxylic acid groups (broad SMARTS) is 1. The van der Waals surface area contributed by atoms with Gasteiger partial charge in [0.15, 0.2) is 0 Å². The quantitative estimate of drug-likeness (QED) is 0.909. The summed E-state index contributed by atoms with van der Waals surface area (Å²) < 4.78 is 5.24. The van der Waals surface area contributed by atoms with Crippen LogP contribution in [-0.4, -0.2) is 36.8 Å². The Balaban J connectivity index is 2.64. The summed E-state index contributed by atoms with van der Waals surface area (Å²) >= 11 is 0. The molecule has 0 saturated heterocycles. The van der Waals surface area contributed by atoms with E-state index in [-0.39, 0.29) is 6.54 Å². The number of aliphatic carboxylic acids is 1. The standard InChI is InChI=1S/C14H13N3O3/c1-17(8-12(18)19)14-10(7-15)6-9-4-3-5-11(20-2)13(9)16-14/h3-6H,8H2,1-2H3,(H,18,19). The van der Waals surface area contributed by atoms with Crippen molar-refractivity contribution < 1.29 is 14.6 Å². The van der Waals surface area contributed by atoms with E-state index in [1.807, 2.05) is 18.2 Å². The first-order valence-electron chi connectivity index (χ1n) is 5.87. The van der Waals surface area contributed by atoms with E-state index in [2.05, 4.69) is 4.98 Å². The lowest BCUT2D eigenvalue weighted by atomic mass is 10.1. The number of para-hydroxylation sites is 1. The van der Waals surface area contributed by atoms with Crippen LogP contribution in [0.4, 0.5) is 5.82 Å². The zero-order valence-corrected chi connectivity index (χ0v) is 11.1. The summed E-state index contributed by atoms with van der Waals surface area (Å²) in [5.41, 5.74) is 0.927. The highest BCUT2D eigenvalue weighted by Crippen LogP contribution is 2.28. The van der Waals surface area contributed by atoms with Crippen LogP contribution < -0.4 is 9.64 Å². The van der Waals surface area contributed by atoms with Crippen molar-refractivity contribution in [3.8, 4) is 11.8 Å². The highest BCUT2D eigenvalue weighted by Gasteiger charge is 2.15. The second-order valence-electron chi connectivity index (χ2n) is 4.25. The van der Waals surface area contributed by atoms with Gasteiger partial charge in [-0.15, -0.1) is 0 Å². The number of hydrogen-bond acceptors (Lipinski definition) is 5. The minimum absolute atomic E-state index is 0.234. The van der Waals surface area contributed by atoms with Gasteiger partial charge in [0.2, 0.25) is 0 Å². The molecule has 0 atom stereocenters. The molecule has 20 heavy (non-hydrogen) atoms. The number of likely N-dealkylation sites (N-methyl/N-ethyl adjacent to an activating group) is 1. The van der Waals surface area contributed by atoms with Crippen LogP contribution in [0, 0.1) is 11.3 Å². The number of nitrogens with zero attached hydrogens (tertiary/aromatic N) is 3. The normalized spacial score (nSPS) is 10.1. The zero-order chi connectivity index (χ0) is 14.7. The van der Waals surface area contributed by atoms with Crippen molar-refractivity contribution in [1.29, 1.82) is 5.26 Å². The molecule has 0 radical (unpaired) electrons. The van der Waals surface area contributed by atoms with Crippen LogP contribution in [0.2, 0.25) is 0 Å². The second kappa shape index (κ2) is 5.45. The summed E-state index contributed by atoms with van der Waals surface area (Å²) in [4.78, 5) is 16.6. The molecule has 0 aliphatic heterocycles. The molecule has 0 unspecified atom stereocenters. The Kier molecular flexibility index (Phi) is 3.71. The minimum Gasteiger partial charge on any atom is -0.494 e. The van der Waals surface area contributed by atoms with E-state index in [1.54, 1.807) is 19.2 Å². The van der Waals surface area contributed by atoms with Gasteiger partial charge in [-0.1, -0.05) is 12.1 Å². The van der Waals surface area contributed by atoms with Gasteiger partial charge in [-0.25, -0.2) is 4.98 Å². The third-order valence-corrected chi connectivity index (χ3v) is 2.86. The van der Waals surface area contributed by atoms with Crippen molar-refractivity contribution in [2.24, 2.45) is 0 Å². The molecule has 6 nitrogen and oxygen atoms in total. The van der Waals surface area contributed by atoms with Crippen LogP contribution in [0.25, 0.3) is 10.9 Å². The molecule has 0 spiro atoms. The average molecular weight is 271 g/mol. The Morgan fingerprint density at radius 1 is 1.55 bits per heavy atom. The van der Waals surface area contributed by atoms with Crippen molar-refractivity contribution in [3.63, 3.8) is 0 Å². The molecule has 0 aliphatic carbocycles. The summed E-state index contributed by atoms with van der Waals surface area (Å²) in [6.07, 6.45) is 0. The van der Waals surface area contributed by atoms with Gasteiger partial charge in [-0.05, 0) is 12.1 Å². The van der Waals surface area contributed by atoms with Crippen LogP contribution in [0.1, 0.15) is 5.56 Å². The number of carbonyl (C=O) groups is 1. The number of ether oxygens (including phenoxy) is 1. The highest BCUT2D eigenvalue weighted by molar-refractivity contribution is 5.88. The fourth-order valence-electron chi connectivity index (χ4n) is 1.98. The van der Waals surface area contributed by atoms with Crippen LogP contribution in [0.3, 0.4) is 0 Å². The van der Waals surface area contributed by atoms with Gasteiger partial charge in [0.1, 0.15) is 29.7 Å². The van der Waals surface area contributed by atoms with Gasteiger partial charge < -0.3 is 14.7 Å². The lowest BCUT2D eigenvalue weighted by Crippen LogP contribution is -2.26. The van der Waals surface area contributed by atoms with E-state index in [9.17, 15) is 10.1 Å². The summed E-state index contributed by atoms with van der Waals surface area (Å²) in [5, 5.41) is 18.8. The number of anilines is 1. The van der Waals surface area contributed by atoms with E-state index in [0.717, 1.165) is 5.39 Å². The largest absolute Gasteiger partial charge is 0.494 e. The summed E-state index contributed by atoms with van der Waals surface area (Å²) in [6, 6.07) is 9.12. The number of methoxy groups -OCH3 is 1. The Hall–Kier alpha value is -2.81. The van der Waals surface area contributed by atoms with Gasteiger partial charge in [0.05, 0.1) is 12.7 Å². The second-order valence-corrected chi connectivity index (χ2v) is 4.25. The Morgan fingerprint density at radius 2 is 2.30 bits per heavy atom. The van der Waals surface area contributed by atoms with Crippen molar-refractivity contribution in [1.82, 2.24) is 4.98 Å². The SMILES string of the molecule is COc1cccc2cc(C#N)c(N(C)CC(=O)O)nc12. The molecule has 6 heteroatoms. The average Bonchev–Trinajstić information content (AvgIpc) is 2.44. The maximum atomic E-state index is 10.8. The zero-order valence-electron chi connectivity index (χ0n) is 11.1. The van der Waals surface area contributed by atoms with Gasteiger partial charge in [-0.2, -0.15) is 5.26 Å². The van der Waals surface area contributed by atoms with Crippen molar-refractivity contribution in [2.75, 3.05) is 25.6 Å². The molecule has 1 heterocycles. The first-order valence-corrected chi connectivity index (χ1v) is 5.87. The number of pyridine rings is 1. The molecule has 2 rings (SSSR count). The lowest BCUT2D eigenvalue weighted by molar-refractivity contribution is -0.135. The molecule has 1 aromatic carbocycles. The number of carboxylic acids is 1.